The summed E-state index contributed by atoms with van der Waals surface area (Å²) < 4.78 is 14.2. The molecule has 19 heavy (non-hydrogen) atoms. The quantitative estimate of drug-likeness (QED) is 0.882. The molecule has 0 aromatic heterocycles. The van der Waals surface area contributed by atoms with E-state index in [-0.39, 0.29) is 11.9 Å². The molecule has 3 heteroatoms. The minimum Gasteiger partial charge on any atom is -0.369 e. The molecule has 1 aromatic carbocycles. The maximum Gasteiger partial charge on any atom is 0.146 e. The smallest absolute Gasteiger partial charge is 0.146 e. The lowest BCUT2D eigenvalue weighted by atomic mass is 10.0. The van der Waals surface area contributed by atoms with Crippen molar-refractivity contribution >= 4 is 5.69 Å². The highest BCUT2D eigenvalue weighted by Crippen LogP contribution is 2.31. The standard InChI is InChI=1S/C16H25FN2/c1-3-13(18)11-12-7-6-10-15(17)16(12)19(2)14-8-4-5-9-14/h6-7,10,13-14H,3-5,8-9,11,18H2,1-2H3. The molecule has 1 saturated carbocycles. The van der Waals surface area contributed by atoms with E-state index in [0.29, 0.717) is 6.04 Å². The number of benzene rings is 1. The van der Waals surface area contributed by atoms with Gasteiger partial charge in [-0.25, -0.2) is 4.39 Å². The zero-order valence-electron chi connectivity index (χ0n) is 12.0. The van der Waals surface area contributed by atoms with Crippen molar-refractivity contribution in [2.45, 2.75) is 57.5 Å². The van der Waals surface area contributed by atoms with Crippen LogP contribution >= 0.6 is 0 Å². The van der Waals surface area contributed by atoms with Crippen molar-refractivity contribution in [3.63, 3.8) is 0 Å². The fourth-order valence-corrected chi connectivity index (χ4v) is 3.02. The van der Waals surface area contributed by atoms with Crippen molar-refractivity contribution in [3.05, 3.63) is 29.6 Å². The van der Waals surface area contributed by atoms with Crippen molar-refractivity contribution in [2.75, 3.05) is 11.9 Å². The van der Waals surface area contributed by atoms with Gasteiger partial charge in [-0.15, -0.1) is 0 Å². The summed E-state index contributed by atoms with van der Waals surface area (Å²) in [5.74, 6) is -0.116. The highest BCUT2D eigenvalue weighted by atomic mass is 19.1. The first-order valence-corrected chi connectivity index (χ1v) is 7.39. The summed E-state index contributed by atoms with van der Waals surface area (Å²) in [6, 6.07) is 5.95. The predicted molar refractivity (Wildman–Crippen MR) is 79.0 cm³/mol. The summed E-state index contributed by atoms with van der Waals surface area (Å²) in [6.45, 7) is 2.07. The van der Waals surface area contributed by atoms with E-state index in [9.17, 15) is 4.39 Å². The molecule has 1 atom stereocenters. The fraction of sp³-hybridized carbons (Fsp3) is 0.625. The predicted octanol–water partition coefficient (Wildman–Crippen LogP) is 3.48. The van der Waals surface area contributed by atoms with E-state index in [2.05, 4.69) is 11.8 Å². The van der Waals surface area contributed by atoms with Crippen molar-refractivity contribution < 1.29 is 4.39 Å². The van der Waals surface area contributed by atoms with Crippen LogP contribution in [-0.4, -0.2) is 19.1 Å². The van der Waals surface area contributed by atoms with Crippen molar-refractivity contribution in [2.24, 2.45) is 5.73 Å². The van der Waals surface area contributed by atoms with Gasteiger partial charge in [0.1, 0.15) is 5.82 Å². The third-order valence-corrected chi connectivity index (χ3v) is 4.30. The first-order valence-electron chi connectivity index (χ1n) is 7.39. The molecule has 2 rings (SSSR count). The Kier molecular flexibility index (Phi) is 4.81. The van der Waals surface area contributed by atoms with Crippen LogP contribution in [0.15, 0.2) is 18.2 Å². The van der Waals surface area contributed by atoms with Gasteiger partial charge in [0.2, 0.25) is 0 Å². The number of hydrogen-bond donors (Lipinski definition) is 1. The Labute approximate surface area is 115 Å². The van der Waals surface area contributed by atoms with Crippen LogP contribution in [-0.2, 0) is 6.42 Å². The molecule has 106 valence electrons. The third kappa shape index (κ3) is 3.27. The van der Waals surface area contributed by atoms with Crippen molar-refractivity contribution in [3.8, 4) is 0 Å². The van der Waals surface area contributed by atoms with Crippen LogP contribution in [0.4, 0.5) is 10.1 Å². The van der Waals surface area contributed by atoms with Gasteiger partial charge in [-0.05, 0) is 37.3 Å². The number of nitrogens with two attached hydrogens (primary N) is 1. The molecule has 1 aliphatic carbocycles. The van der Waals surface area contributed by atoms with Crippen LogP contribution in [0, 0.1) is 5.82 Å². The van der Waals surface area contributed by atoms with E-state index in [1.807, 2.05) is 13.1 Å². The van der Waals surface area contributed by atoms with Crippen LogP contribution < -0.4 is 10.6 Å². The molecule has 2 nitrogen and oxygen atoms in total. The molecule has 2 N–H and O–H groups in total. The molecule has 0 heterocycles. The van der Waals surface area contributed by atoms with Crippen LogP contribution in [0.3, 0.4) is 0 Å². The number of hydrogen-bond acceptors (Lipinski definition) is 2. The van der Waals surface area contributed by atoms with Crippen LogP contribution in [0.5, 0.6) is 0 Å². The zero-order valence-corrected chi connectivity index (χ0v) is 12.0. The molecule has 0 spiro atoms. The minimum absolute atomic E-state index is 0.109. The Morgan fingerprint density at radius 2 is 2.05 bits per heavy atom. The first kappa shape index (κ1) is 14.3. The molecule has 1 aromatic rings. The molecule has 0 saturated heterocycles. The van der Waals surface area contributed by atoms with Gasteiger partial charge < -0.3 is 10.6 Å². The first-order chi connectivity index (χ1) is 9.13. The average Bonchev–Trinajstić information content (AvgIpc) is 2.92. The summed E-state index contributed by atoms with van der Waals surface area (Å²) in [7, 11) is 2.02. The highest BCUT2D eigenvalue weighted by Gasteiger charge is 2.24. The Hall–Kier alpha value is -1.09. The summed E-state index contributed by atoms with van der Waals surface area (Å²) in [6.07, 6.45) is 6.53. The summed E-state index contributed by atoms with van der Waals surface area (Å²) in [4.78, 5) is 2.14. The summed E-state index contributed by atoms with van der Waals surface area (Å²) in [5.41, 5.74) is 7.84. The molecular formula is C16H25FN2. The molecule has 1 aliphatic rings. The second-order valence-electron chi connectivity index (χ2n) is 5.67. The Balaban J connectivity index is 2.26. The monoisotopic (exact) mass is 264 g/mol. The second-order valence-corrected chi connectivity index (χ2v) is 5.67. The summed E-state index contributed by atoms with van der Waals surface area (Å²) in [5, 5.41) is 0. The number of anilines is 1. The Bertz CT molecular complexity index is 413. The number of halogens is 1. The minimum atomic E-state index is -0.116. The van der Waals surface area contributed by atoms with E-state index in [1.54, 1.807) is 12.1 Å². The van der Waals surface area contributed by atoms with Crippen LogP contribution in [0.25, 0.3) is 0 Å². The third-order valence-electron chi connectivity index (χ3n) is 4.30. The van der Waals surface area contributed by atoms with Gasteiger partial charge >= 0.3 is 0 Å². The van der Waals surface area contributed by atoms with Crippen LogP contribution in [0.1, 0.15) is 44.6 Å². The van der Waals surface area contributed by atoms with Gasteiger partial charge in [-0.3, -0.25) is 0 Å². The van der Waals surface area contributed by atoms with E-state index in [0.717, 1.165) is 24.1 Å². The molecule has 0 radical (unpaired) electrons. The van der Waals surface area contributed by atoms with E-state index in [1.165, 1.54) is 25.7 Å². The number of para-hydroxylation sites is 1. The van der Waals surface area contributed by atoms with Crippen molar-refractivity contribution in [1.82, 2.24) is 0 Å². The molecule has 0 aliphatic heterocycles. The fourth-order valence-electron chi connectivity index (χ4n) is 3.02. The van der Waals surface area contributed by atoms with Gasteiger partial charge in [0.25, 0.3) is 0 Å². The Morgan fingerprint density at radius 1 is 1.37 bits per heavy atom. The normalized spacial score (nSPS) is 17.7. The number of rotatable bonds is 5. The topological polar surface area (TPSA) is 29.3 Å². The molecule has 0 amide bonds. The summed E-state index contributed by atoms with van der Waals surface area (Å²) >= 11 is 0. The zero-order chi connectivity index (χ0) is 13.8. The largest absolute Gasteiger partial charge is 0.369 e. The lowest BCUT2D eigenvalue weighted by Crippen LogP contribution is -2.31. The maximum absolute atomic E-state index is 14.2. The highest BCUT2D eigenvalue weighted by molar-refractivity contribution is 5.55. The average molecular weight is 264 g/mol. The van der Waals surface area contributed by atoms with E-state index in [4.69, 9.17) is 5.73 Å². The van der Waals surface area contributed by atoms with Gasteiger partial charge in [-0.2, -0.15) is 0 Å². The Morgan fingerprint density at radius 3 is 2.68 bits per heavy atom. The van der Waals surface area contributed by atoms with Gasteiger partial charge in [0, 0.05) is 19.1 Å². The molecule has 1 fully saturated rings. The van der Waals surface area contributed by atoms with Crippen molar-refractivity contribution in [1.29, 1.82) is 0 Å². The second kappa shape index (κ2) is 6.38. The molecular weight excluding hydrogens is 239 g/mol. The van der Waals surface area contributed by atoms with E-state index < -0.39 is 0 Å². The van der Waals surface area contributed by atoms with E-state index >= 15 is 0 Å². The van der Waals surface area contributed by atoms with Gasteiger partial charge in [0.15, 0.2) is 0 Å². The molecule has 1 unspecified atom stereocenters. The van der Waals surface area contributed by atoms with Gasteiger partial charge in [-0.1, -0.05) is 31.9 Å². The van der Waals surface area contributed by atoms with Gasteiger partial charge in [0.05, 0.1) is 5.69 Å². The number of nitrogens with zero attached hydrogens (tertiary/aromatic N) is 1. The lowest BCUT2D eigenvalue weighted by Gasteiger charge is -2.29. The molecule has 0 bridgehead atoms. The SMILES string of the molecule is CCC(N)Cc1cccc(F)c1N(C)C1CCCC1. The lowest BCUT2D eigenvalue weighted by molar-refractivity contribution is 0.584. The maximum atomic E-state index is 14.2. The van der Waals surface area contributed by atoms with Crippen LogP contribution in [0.2, 0.25) is 0 Å².